The zero-order valence-corrected chi connectivity index (χ0v) is 15.2. The highest BCUT2D eigenvalue weighted by molar-refractivity contribution is 5.89. The van der Waals surface area contributed by atoms with Crippen LogP contribution in [0, 0.1) is 5.92 Å². The number of fused-ring (bicyclic) bond motifs is 1. The van der Waals surface area contributed by atoms with Gasteiger partial charge in [-0.1, -0.05) is 18.6 Å². The van der Waals surface area contributed by atoms with E-state index >= 15 is 0 Å². The van der Waals surface area contributed by atoms with Gasteiger partial charge in [0.15, 0.2) is 0 Å². The molecule has 0 unspecified atom stereocenters. The number of hydrogen-bond acceptors (Lipinski definition) is 3. The van der Waals surface area contributed by atoms with Crippen LogP contribution in [-0.4, -0.2) is 44.7 Å². The number of rotatable bonds is 5. The summed E-state index contributed by atoms with van der Waals surface area (Å²) >= 11 is 0. The second-order valence-corrected chi connectivity index (χ2v) is 7.62. The monoisotopic (exact) mass is 353 g/mol. The summed E-state index contributed by atoms with van der Waals surface area (Å²) in [5.74, 6) is 0.735. The van der Waals surface area contributed by atoms with Gasteiger partial charge in [0.2, 0.25) is 0 Å². The van der Waals surface area contributed by atoms with Crippen LogP contribution in [0.5, 0.6) is 0 Å². The Balaban J connectivity index is 1.47. The van der Waals surface area contributed by atoms with E-state index in [1.165, 1.54) is 51.6 Å². The lowest BCUT2D eigenvalue weighted by Gasteiger charge is -2.44. The number of piperidine rings is 2. The van der Waals surface area contributed by atoms with Gasteiger partial charge in [0.1, 0.15) is 5.82 Å². The molecule has 2 saturated heterocycles. The van der Waals surface area contributed by atoms with Gasteiger partial charge >= 0.3 is 5.97 Å². The largest absolute Gasteiger partial charge is 0.478 e. The summed E-state index contributed by atoms with van der Waals surface area (Å²) in [7, 11) is 0. The summed E-state index contributed by atoms with van der Waals surface area (Å²) in [6, 6.07) is 7.83. The Morgan fingerprint density at radius 3 is 2.96 bits per heavy atom. The maximum absolute atomic E-state index is 11.2. The van der Waals surface area contributed by atoms with E-state index < -0.39 is 5.97 Å². The highest BCUT2D eigenvalue weighted by Crippen LogP contribution is 2.33. The number of benzene rings is 1. The van der Waals surface area contributed by atoms with Gasteiger partial charge in [-0.3, -0.25) is 0 Å². The summed E-state index contributed by atoms with van der Waals surface area (Å²) < 4.78 is 2.18. The molecule has 1 N–H and O–H groups in total. The van der Waals surface area contributed by atoms with E-state index in [2.05, 4.69) is 14.5 Å². The first-order chi connectivity index (χ1) is 12.7. The number of imidazole rings is 1. The average Bonchev–Trinajstić information content (AvgIpc) is 3.15. The molecule has 4 rings (SSSR count). The van der Waals surface area contributed by atoms with Crippen molar-refractivity contribution in [3.8, 4) is 11.4 Å². The molecule has 26 heavy (non-hydrogen) atoms. The van der Waals surface area contributed by atoms with E-state index in [4.69, 9.17) is 0 Å². The normalized spacial score (nSPS) is 23.5. The van der Waals surface area contributed by atoms with Gasteiger partial charge in [0, 0.05) is 30.5 Å². The summed E-state index contributed by atoms with van der Waals surface area (Å²) in [4.78, 5) is 18.4. The smallest absolute Gasteiger partial charge is 0.335 e. The molecule has 5 nitrogen and oxygen atoms in total. The van der Waals surface area contributed by atoms with Crippen molar-refractivity contribution in [3.63, 3.8) is 0 Å². The van der Waals surface area contributed by atoms with Gasteiger partial charge in [0.05, 0.1) is 5.56 Å². The molecule has 0 radical (unpaired) electrons. The number of carboxylic acids is 1. The van der Waals surface area contributed by atoms with Crippen LogP contribution in [0.4, 0.5) is 0 Å². The quantitative estimate of drug-likeness (QED) is 0.885. The molecular formula is C21H27N3O2. The van der Waals surface area contributed by atoms with Crippen molar-refractivity contribution in [1.29, 1.82) is 0 Å². The number of carboxylic acid groups (broad SMARTS) is 1. The molecule has 2 aliphatic rings. The summed E-state index contributed by atoms with van der Waals surface area (Å²) in [6.45, 7) is 3.50. The molecule has 0 bridgehead atoms. The fourth-order valence-electron chi connectivity index (χ4n) is 4.76. The fourth-order valence-corrected chi connectivity index (χ4v) is 4.76. The van der Waals surface area contributed by atoms with E-state index in [9.17, 15) is 9.90 Å². The molecule has 2 fully saturated rings. The third kappa shape index (κ3) is 3.54. The second-order valence-electron chi connectivity index (χ2n) is 7.62. The van der Waals surface area contributed by atoms with Gasteiger partial charge in [-0.2, -0.15) is 0 Å². The van der Waals surface area contributed by atoms with Gasteiger partial charge < -0.3 is 14.6 Å². The number of aromatic nitrogens is 2. The lowest BCUT2D eigenvalue weighted by molar-refractivity contribution is 0.0539. The minimum atomic E-state index is -0.899. The predicted molar refractivity (Wildman–Crippen MR) is 101 cm³/mol. The fraction of sp³-hybridized carbons (Fsp3) is 0.524. The van der Waals surface area contributed by atoms with Crippen molar-refractivity contribution in [1.82, 2.24) is 14.5 Å². The third-order valence-corrected chi connectivity index (χ3v) is 6.05. The number of aromatic carboxylic acids is 1. The molecule has 2 atom stereocenters. The van der Waals surface area contributed by atoms with Crippen molar-refractivity contribution in [2.75, 3.05) is 13.1 Å². The first-order valence-corrected chi connectivity index (χ1v) is 9.81. The van der Waals surface area contributed by atoms with Gasteiger partial charge in [-0.15, -0.1) is 0 Å². The van der Waals surface area contributed by atoms with Crippen LogP contribution in [-0.2, 0) is 6.54 Å². The van der Waals surface area contributed by atoms with Crippen LogP contribution < -0.4 is 0 Å². The molecule has 1 aromatic carbocycles. The lowest BCUT2D eigenvalue weighted by Crippen LogP contribution is -2.48. The molecule has 3 heterocycles. The lowest BCUT2D eigenvalue weighted by atomic mass is 9.81. The van der Waals surface area contributed by atoms with Gasteiger partial charge in [0.25, 0.3) is 0 Å². The Morgan fingerprint density at radius 1 is 1.19 bits per heavy atom. The van der Waals surface area contributed by atoms with Crippen molar-refractivity contribution < 1.29 is 9.90 Å². The molecule has 5 heteroatoms. The van der Waals surface area contributed by atoms with Crippen molar-refractivity contribution in [2.45, 2.75) is 51.1 Å². The standard InChI is InChI=1S/C21H27N3O2/c25-21(26)18-6-3-5-17(15-18)20-22-10-14-24(20)13-9-16-7-4-12-23-11-2-1-8-19(16)23/h3,5-6,10,14-16,19H,1-2,4,7-9,11-13H2,(H,25,26)/t16-,19+/m0/s1. The van der Waals surface area contributed by atoms with Crippen LogP contribution in [0.1, 0.15) is 48.9 Å². The average molecular weight is 353 g/mol. The van der Waals surface area contributed by atoms with Crippen molar-refractivity contribution in [2.24, 2.45) is 5.92 Å². The predicted octanol–water partition coefficient (Wildman–Crippen LogP) is 3.90. The van der Waals surface area contributed by atoms with Crippen molar-refractivity contribution >= 4 is 5.97 Å². The Hall–Kier alpha value is -2.14. The Kier molecular flexibility index (Phi) is 5.07. The van der Waals surface area contributed by atoms with Crippen LogP contribution in [0.2, 0.25) is 0 Å². The van der Waals surface area contributed by atoms with Crippen LogP contribution >= 0.6 is 0 Å². The number of carbonyl (C=O) groups is 1. The SMILES string of the molecule is O=C(O)c1cccc(-c2nccn2CC[C@@H]2CCCN3CCCC[C@H]23)c1. The molecule has 2 aromatic rings. The first kappa shape index (κ1) is 17.3. The minimum absolute atomic E-state index is 0.308. The Labute approximate surface area is 154 Å². The van der Waals surface area contributed by atoms with E-state index in [0.29, 0.717) is 5.56 Å². The Morgan fingerprint density at radius 2 is 2.08 bits per heavy atom. The summed E-state index contributed by atoms with van der Waals surface area (Å²) in [5, 5.41) is 9.23. The van der Waals surface area contributed by atoms with E-state index in [-0.39, 0.29) is 0 Å². The molecule has 0 saturated carbocycles. The van der Waals surface area contributed by atoms with E-state index in [0.717, 1.165) is 29.9 Å². The Bertz CT molecular complexity index is 768. The van der Waals surface area contributed by atoms with E-state index in [1.54, 1.807) is 18.2 Å². The van der Waals surface area contributed by atoms with Crippen LogP contribution in [0.15, 0.2) is 36.7 Å². The van der Waals surface area contributed by atoms with E-state index in [1.807, 2.05) is 18.5 Å². The van der Waals surface area contributed by atoms with Gasteiger partial charge in [-0.05, 0) is 63.2 Å². The molecule has 0 aliphatic carbocycles. The maximum atomic E-state index is 11.2. The highest BCUT2D eigenvalue weighted by atomic mass is 16.4. The molecule has 0 amide bonds. The van der Waals surface area contributed by atoms with Crippen LogP contribution in [0.3, 0.4) is 0 Å². The third-order valence-electron chi connectivity index (χ3n) is 6.05. The topological polar surface area (TPSA) is 58.4 Å². The molecule has 0 spiro atoms. The molecule has 1 aromatic heterocycles. The summed E-state index contributed by atoms with van der Waals surface area (Å²) in [6.07, 6.45) is 11.7. The second kappa shape index (κ2) is 7.62. The molecule has 2 aliphatic heterocycles. The molecule has 138 valence electrons. The first-order valence-electron chi connectivity index (χ1n) is 9.81. The maximum Gasteiger partial charge on any atom is 0.335 e. The number of hydrogen-bond donors (Lipinski definition) is 1. The number of aryl methyl sites for hydroxylation is 1. The zero-order valence-electron chi connectivity index (χ0n) is 15.2. The number of nitrogens with zero attached hydrogens (tertiary/aromatic N) is 3. The van der Waals surface area contributed by atoms with Gasteiger partial charge in [-0.25, -0.2) is 9.78 Å². The zero-order chi connectivity index (χ0) is 17.9. The minimum Gasteiger partial charge on any atom is -0.478 e. The van der Waals surface area contributed by atoms with Crippen LogP contribution in [0.25, 0.3) is 11.4 Å². The molecular weight excluding hydrogens is 326 g/mol. The highest BCUT2D eigenvalue weighted by Gasteiger charge is 2.32. The van der Waals surface area contributed by atoms with Crippen molar-refractivity contribution in [3.05, 3.63) is 42.2 Å². The summed E-state index contributed by atoms with van der Waals surface area (Å²) in [5.41, 5.74) is 1.18.